The minimum absolute atomic E-state index is 0.223. The Morgan fingerprint density at radius 2 is 2.13 bits per heavy atom. The van der Waals surface area contributed by atoms with Gasteiger partial charge in [0.25, 0.3) is 0 Å². The van der Waals surface area contributed by atoms with Gasteiger partial charge in [0.05, 0.1) is 6.54 Å². The van der Waals surface area contributed by atoms with E-state index in [9.17, 15) is 13.8 Å². The molecule has 0 radical (unpaired) electrons. The number of ether oxygens (including phenoxy) is 1. The summed E-state index contributed by atoms with van der Waals surface area (Å²) >= 11 is 0. The number of alkyl halides is 1. The maximum absolute atomic E-state index is 12.9. The summed E-state index contributed by atoms with van der Waals surface area (Å²) in [6.07, 6.45) is -2.08. The maximum atomic E-state index is 12.9. The first-order valence-electron chi connectivity index (χ1n) is 4.45. The van der Waals surface area contributed by atoms with Gasteiger partial charge in [0.15, 0.2) is 0 Å². The normalized spacial score (nSPS) is 13.6. The van der Waals surface area contributed by atoms with Crippen molar-refractivity contribution in [3.05, 3.63) is 0 Å². The Morgan fingerprint density at radius 3 is 2.60 bits per heavy atom. The Morgan fingerprint density at radius 1 is 1.53 bits per heavy atom. The third-order valence-electron chi connectivity index (χ3n) is 1.19. The molecule has 1 unspecified atom stereocenters. The summed E-state index contributed by atoms with van der Waals surface area (Å²) in [5.41, 5.74) is -0.608. The summed E-state index contributed by atoms with van der Waals surface area (Å²) in [6.45, 7) is 4.60. The van der Waals surface area contributed by atoms with Crippen molar-refractivity contribution in [3.63, 3.8) is 0 Å². The molecule has 0 aliphatic carbocycles. The van der Waals surface area contributed by atoms with Crippen LogP contribution in [0.5, 0.6) is 0 Å². The molecule has 0 bridgehead atoms. The van der Waals surface area contributed by atoms with Gasteiger partial charge in [0, 0.05) is 0 Å². The Kier molecular flexibility index (Phi) is 6.36. The van der Waals surface area contributed by atoms with E-state index in [0.29, 0.717) is 0 Å². The summed E-state index contributed by atoms with van der Waals surface area (Å²) in [5, 5.41) is 2.23. The van der Waals surface area contributed by atoms with E-state index < -0.39 is 26.6 Å². The number of amides is 1. The monoisotopic (exact) mass is 240 g/mol. The van der Waals surface area contributed by atoms with Crippen molar-refractivity contribution in [1.82, 2.24) is 5.32 Å². The largest absolute Gasteiger partial charge is 0.494 e. The van der Waals surface area contributed by atoms with E-state index in [1.807, 2.05) is 0 Å². The number of rotatable bonds is 5. The van der Waals surface area contributed by atoms with Crippen molar-refractivity contribution in [3.8, 4) is 0 Å². The summed E-state index contributed by atoms with van der Waals surface area (Å²) in [4.78, 5) is 11.0. The summed E-state index contributed by atoms with van der Waals surface area (Å²) in [6, 6.07) is 0. The molecule has 88 valence electrons. The zero-order chi connectivity index (χ0) is 11.9. The lowest BCUT2D eigenvalue weighted by Gasteiger charge is -2.19. The van der Waals surface area contributed by atoms with E-state index in [-0.39, 0.29) is 13.2 Å². The molecule has 0 fully saturated rings. The molecule has 0 aromatic heterocycles. The Hall–Kier alpha value is -0.740. The Balaban J connectivity index is 3.66. The van der Waals surface area contributed by atoms with E-state index in [4.69, 9.17) is 4.74 Å². The smallest absolute Gasteiger partial charge is 0.444 e. The lowest BCUT2D eigenvalue weighted by Crippen LogP contribution is -2.36. The van der Waals surface area contributed by atoms with Crippen molar-refractivity contribution < 1.29 is 23.0 Å². The van der Waals surface area contributed by atoms with Gasteiger partial charge in [-0.05, 0) is 25.3 Å². The fourth-order valence-corrected chi connectivity index (χ4v) is 0.941. The number of alkyl carbamates (subject to hydrolysis) is 1. The quantitative estimate of drug-likeness (QED) is 0.744. The van der Waals surface area contributed by atoms with Crippen LogP contribution in [-0.2, 0) is 13.8 Å². The SMILES string of the molecule is CC(C)(C)OC(=O)NC[C@H](F)CO[PH+]=O. The van der Waals surface area contributed by atoms with Gasteiger partial charge in [0.1, 0.15) is 18.4 Å². The number of halogens is 1. The first-order chi connectivity index (χ1) is 6.85. The van der Waals surface area contributed by atoms with Crippen LogP contribution < -0.4 is 5.32 Å². The third kappa shape index (κ3) is 9.56. The zero-order valence-electron chi connectivity index (χ0n) is 9.00. The molecule has 0 saturated carbocycles. The summed E-state index contributed by atoms with van der Waals surface area (Å²) in [5.74, 6) is 0. The standard InChI is InChI=1S/C8H15FNO4P/c1-8(2,3)14-7(11)10-4-6(9)5-13-15-12/h6,15H,4-5H2,1-3H3/p+1/t6-/m0/s1. The first kappa shape index (κ1) is 14.3. The van der Waals surface area contributed by atoms with Crippen LogP contribution in [0.1, 0.15) is 20.8 Å². The van der Waals surface area contributed by atoms with Gasteiger partial charge in [-0.15, -0.1) is 4.52 Å². The highest BCUT2D eigenvalue weighted by Crippen LogP contribution is 2.06. The molecule has 5 nitrogen and oxygen atoms in total. The lowest BCUT2D eigenvalue weighted by atomic mass is 10.2. The average Bonchev–Trinajstić information content (AvgIpc) is 2.08. The van der Waals surface area contributed by atoms with Crippen molar-refractivity contribution in [2.24, 2.45) is 0 Å². The molecule has 0 spiro atoms. The average molecular weight is 240 g/mol. The van der Waals surface area contributed by atoms with Crippen molar-refractivity contribution in [2.75, 3.05) is 13.2 Å². The number of carbonyl (C=O) groups is 1. The molecular weight excluding hydrogens is 224 g/mol. The van der Waals surface area contributed by atoms with E-state index in [0.717, 1.165) is 0 Å². The second-order valence-electron chi connectivity index (χ2n) is 3.87. The topological polar surface area (TPSA) is 64.6 Å². The molecule has 1 N–H and O–H groups in total. The fourth-order valence-electron chi connectivity index (χ4n) is 0.692. The highest BCUT2D eigenvalue weighted by Gasteiger charge is 2.17. The van der Waals surface area contributed by atoms with Crippen LogP contribution in [-0.4, -0.2) is 31.0 Å². The van der Waals surface area contributed by atoms with Gasteiger partial charge in [-0.2, -0.15) is 0 Å². The predicted octanol–water partition coefficient (Wildman–Crippen LogP) is 1.80. The number of hydrogen-bond donors (Lipinski definition) is 1. The van der Waals surface area contributed by atoms with Gasteiger partial charge >= 0.3 is 14.8 Å². The fraction of sp³-hybridized carbons (Fsp3) is 0.875. The van der Waals surface area contributed by atoms with E-state index >= 15 is 0 Å². The molecule has 0 aliphatic rings. The summed E-state index contributed by atoms with van der Waals surface area (Å²) < 4.78 is 31.9. The minimum Gasteiger partial charge on any atom is -0.444 e. The number of carbonyl (C=O) groups excluding carboxylic acids is 1. The van der Waals surface area contributed by atoms with Crippen LogP contribution in [0, 0.1) is 0 Å². The van der Waals surface area contributed by atoms with Gasteiger partial charge in [-0.1, -0.05) is 0 Å². The van der Waals surface area contributed by atoms with Crippen LogP contribution in [0.15, 0.2) is 0 Å². The maximum Gasteiger partial charge on any atom is 0.494 e. The van der Waals surface area contributed by atoms with Gasteiger partial charge in [0.2, 0.25) is 0 Å². The van der Waals surface area contributed by atoms with Gasteiger partial charge in [-0.3, -0.25) is 0 Å². The number of nitrogens with one attached hydrogen (secondary N) is 1. The van der Waals surface area contributed by atoms with E-state index in [2.05, 4.69) is 9.84 Å². The molecule has 0 heterocycles. The van der Waals surface area contributed by atoms with Gasteiger partial charge < -0.3 is 10.1 Å². The van der Waals surface area contributed by atoms with Gasteiger partial charge in [-0.25, -0.2) is 9.18 Å². The highest BCUT2D eigenvalue weighted by molar-refractivity contribution is 7.17. The second-order valence-corrected chi connectivity index (χ2v) is 4.33. The van der Waals surface area contributed by atoms with Crippen LogP contribution >= 0.6 is 8.69 Å². The molecule has 1 amide bonds. The van der Waals surface area contributed by atoms with E-state index in [1.165, 1.54) is 0 Å². The zero-order valence-corrected chi connectivity index (χ0v) is 10.0. The minimum atomic E-state index is -1.39. The molecule has 2 atom stereocenters. The van der Waals surface area contributed by atoms with Crippen molar-refractivity contribution in [1.29, 1.82) is 0 Å². The van der Waals surface area contributed by atoms with Crippen molar-refractivity contribution in [2.45, 2.75) is 32.5 Å². The molecule has 0 aromatic carbocycles. The number of hydrogen-bond acceptors (Lipinski definition) is 4. The molecule has 0 aliphatic heterocycles. The Labute approximate surface area is 89.6 Å². The molecule has 0 saturated heterocycles. The third-order valence-corrected chi connectivity index (χ3v) is 1.47. The molecular formula is C8H16FNO4P+. The van der Waals surface area contributed by atoms with E-state index in [1.54, 1.807) is 20.8 Å². The second kappa shape index (κ2) is 6.69. The van der Waals surface area contributed by atoms with Crippen LogP contribution in [0.2, 0.25) is 0 Å². The first-order valence-corrected chi connectivity index (χ1v) is 5.26. The van der Waals surface area contributed by atoms with Crippen LogP contribution in [0.4, 0.5) is 9.18 Å². The molecule has 15 heavy (non-hydrogen) atoms. The summed E-state index contributed by atoms with van der Waals surface area (Å²) in [7, 11) is -0.993. The lowest BCUT2D eigenvalue weighted by molar-refractivity contribution is 0.0507. The van der Waals surface area contributed by atoms with Crippen LogP contribution in [0.3, 0.4) is 0 Å². The highest BCUT2D eigenvalue weighted by atomic mass is 31.1. The molecule has 7 heteroatoms. The predicted molar refractivity (Wildman–Crippen MR) is 54.1 cm³/mol. The molecule has 0 rings (SSSR count). The Bertz CT molecular complexity index is 219. The van der Waals surface area contributed by atoms with Crippen molar-refractivity contribution >= 4 is 14.8 Å². The molecule has 0 aromatic rings. The van der Waals surface area contributed by atoms with Crippen LogP contribution in [0.25, 0.3) is 0 Å².